The van der Waals surface area contributed by atoms with E-state index < -0.39 is 24.2 Å². The summed E-state index contributed by atoms with van der Waals surface area (Å²) in [6.45, 7) is -0.416. The molecule has 23 heavy (non-hydrogen) atoms. The van der Waals surface area contributed by atoms with Crippen LogP contribution in [0.25, 0.3) is 11.7 Å². The van der Waals surface area contributed by atoms with Crippen LogP contribution in [0.4, 0.5) is 4.79 Å². The molecule has 2 N–H and O–H groups in total. The van der Waals surface area contributed by atoms with Gasteiger partial charge in [-0.25, -0.2) is 9.59 Å². The van der Waals surface area contributed by atoms with Crippen LogP contribution in [0.2, 0.25) is 0 Å². The van der Waals surface area contributed by atoms with Crippen molar-refractivity contribution in [1.82, 2.24) is 20.4 Å². The molecular weight excluding hydrogens is 304 g/mol. The van der Waals surface area contributed by atoms with Gasteiger partial charge in [0.05, 0.1) is 6.26 Å². The van der Waals surface area contributed by atoms with Gasteiger partial charge in [-0.15, -0.1) is 5.10 Å². The molecule has 0 aromatic carbocycles. The van der Waals surface area contributed by atoms with Gasteiger partial charge in [-0.05, 0) is 25.0 Å². The zero-order chi connectivity index (χ0) is 16.2. The van der Waals surface area contributed by atoms with Gasteiger partial charge in [0, 0.05) is 6.04 Å². The number of hydrogen-bond donors (Lipinski definition) is 2. The second kappa shape index (κ2) is 6.51. The molecule has 0 saturated heterocycles. The maximum Gasteiger partial charge on any atom is 0.437 e. The molecule has 2 aromatic rings. The van der Waals surface area contributed by atoms with Gasteiger partial charge in [0.25, 0.3) is 5.89 Å². The number of amides is 3. The summed E-state index contributed by atoms with van der Waals surface area (Å²) < 4.78 is 10.8. The quantitative estimate of drug-likeness (QED) is 0.862. The van der Waals surface area contributed by atoms with Crippen LogP contribution in [0.15, 0.2) is 32.0 Å². The monoisotopic (exact) mass is 320 g/mol. The standard InChI is InChI=1S/C14H16N4O5/c19-11(16-13(20)15-9-4-1-2-5-9)8-18-14(21)23-12(17-18)10-6-3-7-22-10/h3,6-7,9H,1-2,4-5,8H2,(H2,15,16,19,20). The maximum atomic E-state index is 11.8. The fraction of sp³-hybridized carbons (Fsp3) is 0.429. The largest absolute Gasteiger partial charge is 0.459 e. The SMILES string of the molecule is O=C(Cn1nc(-c2ccco2)oc1=O)NC(=O)NC1CCCC1. The van der Waals surface area contributed by atoms with E-state index in [1.165, 1.54) is 6.26 Å². The second-order valence-electron chi connectivity index (χ2n) is 5.31. The number of rotatable bonds is 4. The summed E-state index contributed by atoms with van der Waals surface area (Å²) in [4.78, 5) is 35.1. The Balaban J connectivity index is 1.57. The highest BCUT2D eigenvalue weighted by Crippen LogP contribution is 2.17. The number of hydrogen-bond acceptors (Lipinski definition) is 6. The zero-order valence-electron chi connectivity index (χ0n) is 12.3. The van der Waals surface area contributed by atoms with Gasteiger partial charge in [0.15, 0.2) is 5.76 Å². The minimum absolute atomic E-state index is 0.0248. The van der Waals surface area contributed by atoms with E-state index in [-0.39, 0.29) is 17.7 Å². The Morgan fingerprint density at radius 3 is 2.83 bits per heavy atom. The third-order valence-electron chi connectivity index (χ3n) is 3.57. The third-order valence-corrected chi connectivity index (χ3v) is 3.57. The molecule has 2 heterocycles. The summed E-state index contributed by atoms with van der Waals surface area (Å²) >= 11 is 0. The van der Waals surface area contributed by atoms with Crippen LogP contribution in [0.1, 0.15) is 25.7 Å². The molecule has 1 aliphatic carbocycles. The van der Waals surface area contributed by atoms with Gasteiger partial charge in [-0.3, -0.25) is 10.1 Å². The Bertz CT molecular complexity index is 740. The van der Waals surface area contributed by atoms with Crippen LogP contribution in [-0.2, 0) is 11.3 Å². The molecule has 1 aliphatic rings. The first kappa shape index (κ1) is 15.1. The number of furan rings is 1. The van der Waals surface area contributed by atoms with Crippen LogP contribution < -0.4 is 16.4 Å². The van der Waals surface area contributed by atoms with E-state index in [9.17, 15) is 14.4 Å². The smallest absolute Gasteiger partial charge is 0.437 e. The van der Waals surface area contributed by atoms with Gasteiger partial charge in [0.2, 0.25) is 5.91 Å². The van der Waals surface area contributed by atoms with Crippen molar-refractivity contribution in [1.29, 1.82) is 0 Å². The lowest BCUT2D eigenvalue weighted by Crippen LogP contribution is -2.45. The van der Waals surface area contributed by atoms with E-state index in [1.807, 2.05) is 0 Å². The van der Waals surface area contributed by atoms with Crippen molar-refractivity contribution in [2.45, 2.75) is 38.3 Å². The molecule has 1 saturated carbocycles. The number of aromatic nitrogens is 2. The molecule has 3 amide bonds. The van der Waals surface area contributed by atoms with Gasteiger partial charge in [-0.1, -0.05) is 12.8 Å². The molecule has 0 radical (unpaired) electrons. The van der Waals surface area contributed by atoms with Crippen LogP contribution in [0.3, 0.4) is 0 Å². The highest BCUT2D eigenvalue weighted by atomic mass is 16.4. The van der Waals surface area contributed by atoms with Crippen molar-refractivity contribution in [3.8, 4) is 11.7 Å². The van der Waals surface area contributed by atoms with Gasteiger partial charge < -0.3 is 14.2 Å². The Morgan fingerprint density at radius 1 is 1.35 bits per heavy atom. The van der Waals surface area contributed by atoms with Crippen LogP contribution in [0, 0.1) is 0 Å². The Hall–Kier alpha value is -2.84. The summed E-state index contributed by atoms with van der Waals surface area (Å²) in [6.07, 6.45) is 5.38. The predicted octanol–water partition coefficient (Wildman–Crippen LogP) is 0.865. The molecule has 0 bridgehead atoms. The first-order valence-electron chi connectivity index (χ1n) is 7.34. The highest BCUT2D eigenvalue weighted by molar-refractivity contribution is 5.94. The summed E-state index contributed by atoms with van der Waals surface area (Å²) in [6, 6.07) is 2.73. The van der Waals surface area contributed by atoms with E-state index in [0.29, 0.717) is 0 Å². The summed E-state index contributed by atoms with van der Waals surface area (Å²) in [7, 11) is 0. The normalized spacial score (nSPS) is 14.8. The minimum atomic E-state index is -0.803. The lowest BCUT2D eigenvalue weighted by atomic mass is 10.2. The number of nitrogens with zero attached hydrogens (tertiary/aromatic N) is 2. The average molecular weight is 320 g/mol. The molecule has 0 spiro atoms. The van der Waals surface area contributed by atoms with E-state index in [1.54, 1.807) is 12.1 Å². The Kier molecular flexibility index (Phi) is 4.26. The molecule has 0 unspecified atom stereocenters. The van der Waals surface area contributed by atoms with Crippen molar-refractivity contribution in [3.63, 3.8) is 0 Å². The molecule has 1 fully saturated rings. The lowest BCUT2D eigenvalue weighted by Gasteiger charge is -2.11. The molecular formula is C14H16N4O5. The Morgan fingerprint density at radius 2 is 2.13 bits per heavy atom. The van der Waals surface area contributed by atoms with Crippen molar-refractivity contribution in [2.24, 2.45) is 0 Å². The summed E-state index contributed by atoms with van der Waals surface area (Å²) in [5.74, 6) is -1.20. The molecule has 3 rings (SSSR count). The number of urea groups is 1. The highest BCUT2D eigenvalue weighted by Gasteiger charge is 2.19. The van der Waals surface area contributed by atoms with Gasteiger partial charge >= 0.3 is 11.8 Å². The molecule has 9 nitrogen and oxygen atoms in total. The predicted molar refractivity (Wildman–Crippen MR) is 77.4 cm³/mol. The minimum Gasteiger partial charge on any atom is -0.459 e. The van der Waals surface area contributed by atoms with E-state index >= 15 is 0 Å². The lowest BCUT2D eigenvalue weighted by molar-refractivity contribution is -0.120. The van der Waals surface area contributed by atoms with Gasteiger partial charge in [-0.2, -0.15) is 4.68 Å². The number of carbonyl (C=O) groups excluding carboxylic acids is 2. The number of imide groups is 1. The van der Waals surface area contributed by atoms with E-state index in [4.69, 9.17) is 8.83 Å². The zero-order valence-corrected chi connectivity index (χ0v) is 12.3. The molecule has 0 atom stereocenters. The third kappa shape index (κ3) is 3.68. The van der Waals surface area contributed by atoms with Crippen LogP contribution in [-0.4, -0.2) is 27.8 Å². The van der Waals surface area contributed by atoms with E-state index in [2.05, 4.69) is 15.7 Å². The Labute approximate surface area is 130 Å². The molecule has 0 aliphatic heterocycles. The number of nitrogens with one attached hydrogen (secondary N) is 2. The molecule has 9 heteroatoms. The van der Waals surface area contributed by atoms with Crippen molar-refractivity contribution in [3.05, 3.63) is 28.9 Å². The molecule has 2 aromatic heterocycles. The first-order valence-corrected chi connectivity index (χ1v) is 7.34. The van der Waals surface area contributed by atoms with Crippen molar-refractivity contribution < 1.29 is 18.4 Å². The van der Waals surface area contributed by atoms with Crippen LogP contribution in [0.5, 0.6) is 0 Å². The average Bonchev–Trinajstić information content (AvgIpc) is 3.21. The fourth-order valence-corrected chi connectivity index (χ4v) is 2.50. The fourth-order valence-electron chi connectivity index (χ4n) is 2.50. The number of carbonyl (C=O) groups is 2. The summed E-state index contributed by atoms with van der Waals surface area (Å²) in [5.41, 5.74) is 0. The van der Waals surface area contributed by atoms with Crippen LogP contribution >= 0.6 is 0 Å². The molecule has 122 valence electrons. The maximum absolute atomic E-state index is 11.8. The topological polar surface area (TPSA) is 119 Å². The van der Waals surface area contributed by atoms with Gasteiger partial charge in [0.1, 0.15) is 6.54 Å². The van der Waals surface area contributed by atoms with E-state index in [0.717, 1.165) is 30.4 Å². The summed E-state index contributed by atoms with van der Waals surface area (Å²) in [5, 5.41) is 8.75. The van der Waals surface area contributed by atoms with Crippen molar-refractivity contribution >= 4 is 11.9 Å². The van der Waals surface area contributed by atoms with Crippen molar-refractivity contribution in [2.75, 3.05) is 0 Å². The second-order valence-corrected chi connectivity index (χ2v) is 5.31. The first-order chi connectivity index (χ1) is 11.1.